The van der Waals surface area contributed by atoms with E-state index in [1.54, 1.807) is 0 Å². The molecule has 0 aliphatic heterocycles. The minimum Gasteiger partial charge on any atom is -0.378 e. The van der Waals surface area contributed by atoms with Crippen LogP contribution >= 0.6 is 0 Å². The zero-order valence-electron chi connectivity index (χ0n) is 9.99. The van der Waals surface area contributed by atoms with E-state index in [1.165, 1.54) is 5.69 Å². The summed E-state index contributed by atoms with van der Waals surface area (Å²) in [7, 11) is 4.07. The molecule has 0 aliphatic carbocycles. The Balaban J connectivity index is 2.63. The summed E-state index contributed by atoms with van der Waals surface area (Å²) in [6, 6.07) is 8.40. The summed E-state index contributed by atoms with van der Waals surface area (Å²) in [6.07, 6.45) is 0. The number of anilines is 1. The van der Waals surface area contributed by atoms with Crippen molar-refractivity contribution in [3.05, 3.63) is 35.5 Å². The molecule has 0 atom stereocenters. The van der Waals surface area contributed by atoms with Crippen LogP contribution in [0.25, 0.3) is 10.9 Å². The zero-order valence-corrected chi connectivity index (χ0v) is 9.99. The van der Waals surface area contributed by atoms with Crippen LogP contribution in [0.4, 0.5) is 5.69 Å². The van der Waals surface area contributed by atoms with E-state index in [-0.39, 0.29) is 0 Å². The average molecular weight is 215 g/mol. The third kappa shape index (κ3) is 1.86. The molecule has 0 fully saturated rings. The van der Waals surface area contributed by atoms with Crippen LogP contribution in [0.3, 0.4) is 0 Å². The second-order valence-corrected chi connectivity index (χ2v) is 4.21. The van der Waals surface area contributed by atoms with E-state index in [0.717, 1.165) is 22.2 Å². The molecule has 3 nitrogen and oxygen atoms in total. The molecule has 1 heterocycles. The number of nitrogens with two attached hydrogens (primary N) is 1. The van der Waals surface area contributed by atoms with Gasteiger partial charge >= 0.3 is 0 Å². The van der Waals surface area contributed by atoms with E-state index < -0.39 is 0 Å². The summed E-state index contributed by atoms with van der Waals surface area (Å²) in [5.41, 5.74) is 10.0. The van der Waals surface area contributed by atoms with Gasteiger partial charge in [-0.15, -0.1) is 0 Å². The van der Waals surface area contributed by atoms with Gasteiger partial charge in [0.15, 0.2) is 0 Å². The number of aromatic nitrogens is 1. The van der Waals surface area contributed by atoms with E-state index in [9.17, 15) is 0 Å². The van der Waals surface area contributed by atoms with Crippen LogP contribution in [0, 0.1) is 6.92 Å². The smallest absolute Gasteiger partial charge is 0.0706 e. The summed E-state index contributed by atoms with van der Waals surface area (Å²) in [6.45, 7) is 2.54. The van der Waals surface area contributed by atoms with Gasteiger partial charge in [-0.3, -0.25) is 4.98 Å². The van der Waals surface area contributed by atoms with Crippen molar-refractivity contribution in [1.82, 2.24) is 4.98 Å². The number of pyridine rings is 1. The zero-order chi connectivity index (χ0) is 11.7. The molecule has 0 spiro atoms. The number of rotatable bonds is 2. The molecule has 3 heteroatoms. The molecule has 0 bridgehead atoms. The van der Waals surface area contributed by atoms with Crippen molar-refractivity contribution in [2.75, 3.05) is 19.0 Å². The molecule has 0 aliphatic rings. The number of benzene rings is 1. The third-order valence-corrected chi connectivity index (χ3v) is 2.83. The first-order valence-electron chi connectivity index (χ1n) is 5.39. The van der Waals surface area contributed by atoms with Crippen molar-refractivity contribution in [3.8, 4) is 0 Å². The molecular weight excluding hydrogens is 198 g/mol. The molecule has 2 rings (SSSR count). The van der Waals surface area contributed by atoms with Crippen molar-refractivity contribution >= 4 is 16.6 Å². The van der Waals surface area contributed by atoms with Crippen LogP contribution in [0.2, 0.25) is 0 Å². The topological polar surface area (TPSA) is 42.2 Å². The highest BCUT2D eigenvalue weighted by molar-refractivity contribution is 5.83. The van der Waals surface area contributed by atoms with Gasteiger partial charge in [0, 0.05) is 37.4 Å². The van der Waals surface area contributed by atoms with Gasteiger partial charge in [0.2, 0.25) is 0 Å². The SMILES string of the molecule is Cc1nc2ccc(N(C)C)cc2cc1CN. The molecule has 2 N–H and O–H groups in total. The van der Waals surface area contributed by atoms with E-state index in [1.807, 2.05) is 21.0 Å². The Hall–Kier alpha value is -1.61. The molecule has 1 aromatic carbocycles. The fraction of sp³-hybridized carbons (Fsp3) is 0.308. The highest BCUT2D eigenvalue weighted by atomic mass is 15.1. The Kier molecular flexibility index (Phi) is 2.79. The molecular formula is C13H17N3. The molecule has 0 saturated heterocycles. The Bertz CT molecular complexity index is 518. The van der Waals surface area contributed by atoms with Crippen molar-refractivity contribution in [2.24, 2.45) is 5.73 Å². The first-order valence-corrected chi connectivity index (χ1v) is 5.39. The number of aryl methyl sites for hydroxylation is 1. The van der Waals surface area contributed by atoms with E-state index in [4.69, 9.17) is 5.73 Å². The van der Waals surface area contributed by atoms with Crippen LogP contribution in [0.15, 0.2) is 24.3 Å². The monoisotopic (exact) mass is 215 g/mol. The normalized spacial score (nSPS) is 10.8. The van der Waals surface area contributed by atoms with Gasteiger partial charge in [0.05, 0.1) is 5.52 Å². The highest BCUT2D eigenvalue weighted by Crippen LogP contribution is 2.21. The molecule has 16 heavy (non-hydrogen) atoms. The molecule has 0 amide bonds. The fourth-order valence-corrected chi connectivity index (χ4v) is 1.79. The van der Waals surface area contributed by atoms with Crippen LogP contribution in [-0.2, 0) is 6.54 Å². The molecule has 84 valence electrons. The van der Waals surface area contributed by atoms with Gasteiger partial charge in [0.25, 0.3) is 0 Å². The van der Waals surface area contributed by atoms with Crippen LogP contribution in [0.1, 0.15) is 11.3 Å². The predicted molar refractivity (Wildman–Crippen MR) is 68.7 cm³/mol. The summed E-state index contributed by atoms with van der Waals surface area (Å²) in [4.78, 5) is 6.63. The number of fused-ring (bicyclic) bond motifs is 1. The van der Waals surface area contributed by atoms with Gasteiger partial charge in [-0.1, -0.05) is 0 Å². The lowest BCUT2D eigenvalue weighted by Gasteiger charge is -2.13. The summed E-state index contributed by atoms with van der Waals surface area (Å²) in [5.74, 6) is 0. The van der Waals surface area contributed by atoms with Crippen LogP contribution < -0.4 is 10.6 Å². The van der Waals surface area contributed by atoms with Crippen molar-refractivity contribution < 1.29 is 0 Å². The first kappa shape index (κ1) is 10.9. The highest BCUT2D eigenvalue weighted by Gasteiger charge is 2.03. The second-order valence-electron chi connectivity index (χ2n) is 4.21. The number of hydrogen-bond donors (Lipinski definition) is 1. The van der Waals surface area contributed by atoms with Crippen LogP contribution in [0.5, 0.6) is 0 Å². The van der Waals surface area contributed by atoms with Crippen molar-refractivity contribution in [2.45, 2.75) is 13.5 Å². The minimum absolute atomic E-state index is 0.543. The molecule has 1 aromatic heterocycles. The quantitative estimate of drug-likeness (QED) is 0.834. The molecule has 0 saturated carbocycles. The summed E-state index contributed by atoms with van der Waals surface area (Å²) < 4.78 is 0. The fourth-order valence-electron chi connectivity index (χ4n) is 1.79. The molecule has 0 unspecified atom stereocenters. The Morgan fingerprint density at radius 2 is 2.00 bits per heavy atom. The maximum absolute atomic E-state index is 5.69. The standard InChI is InChI=1S/C13H17N3/c1-9-11(8-14)6-10-7-12(16(2)3)4-5-13(10)15-9/h4-7H,8,14H2,1-3H3. The first-order chi connectivity index (χ1) is 7.61. The van der Waals surface area contributed by atoms with Gasteiger partial charge in [-0.25, -0.2) is 0 Å². The lowest BCUT2D eigenvalue weighted by molar-refractivity contribution is 1.02. The third-order valence-electron chi connectivity index (χ3n) is 2.83. The number of hydrogen-bond acceptors (Lipinski definition) is 3. The summed E-state index contributed by atoms with van der Waals surface area (Å²) in [5, 5.41) is 1.15. The van der Waals surface area contributed by atoms with Gasteiger partial charge in [-0.2, -0.15) is 0 Å². The lowest BCUT2D eigenvalue weighted by atomic mass is 10.1. The Morgan fingerprint density at radius 3 is 2.62 bits per heavy atom. The van der Waals surface area contributed by atoms with Crippen molar-refractivity contribution in [3.63, 3.8) is 0 Å². The minimum atomic E-state index is 0.543. The molecule has 0 radical (unpaired) electrons. The lowest BCUT2D eigenvalue weighted by Crippen LogP contribution is -2.08. The van der Waals surface area contributed by atoms with Gasteiger partial charge in [0.1, 0.15) is 0 Å². The van der Waals surface area contributed by atoms with E-state index >= 15 is 0 Å². The second kappa shape index (κ2) is 4.10. The van der Waals surface area contributed by atoms with E-state index in [0.29, 0.717) is 6.54 Å². The average Bonchev–Trinajstić information content (AvgIpc) is 2.27. The van der Waals surface area contributed by atoms with Crippen molar-refractivity contribution in [1.29, 1.82) is 0 Å². The Labute approximate surface area is 95.9 Å². The summed E-state index contributed by atoms with van der Waals surface area (Å²) >= 11 is 0. The Morgan fingerprint density at radius 1 is 1.25 bits per heavy atom. The molecule has 2 aromatic rings. The maximum Gasteiger partial charge on any atom is 0.0706 e. The number of nitrogens with zero attached hydrogens (tertiary/aromatic N) is 2. The van der Waals surface area contributed by atoms with E-state index in [2.05, 4.69) is 34.1 Å². The maximum atomic E-state index is 5.69. The van der Waals surface area contributed by atoms with Crippen LogP contribution in [-0.4, -0.2) is 19.1 Å². The predicted octanol–water partition coefficient (Wildman–Crippen LogP) is 2.07. The van der Waals surface area contributed by atoms with Gasteiger partial charge < -0.3 is 10.6 Å². The van der Waals surface area contributed by atoms with Gasteiger partial charge in [-0.05, 0) is 36.8 Å². The largest absolute Gasteiger partial charge is 0.378 e.